The van der Waals surface area contributed by atoms with Crippen molar-refractivity contribution < 1.29 is 22.9 Å². The van der Waals surface area contributed by atoms with Crippen LogP contribution in [-0.2, 0) is 14.9 Å². The zero-order chi connectivity index (χ0) is 10.3. The zero-order valence-electron chi connectivity index (χ0n) is 7.14. The first kappa shape index (κ1) is 12.4. The topological polar surface area (TPSA) is 91.7 Å². The van der Waals surface area contributed by atoms with Crippen molar-refractivity contribution in [2.24, 2.45) is 0 Å². The van der Waals surface area contributed by atoms with Gasteiger partial charge < -0.3 is 5.11 Å². The number of hydrogen-bond donors (Lipinski definition) is 2. The lowest BCUT2D eigenvalue weighted by molar-refractivity contribution is -0.133. The molecule has 0 spiro atoms. The summed E-state index contributed by atoms with van der Waals surface area (Å²) in [7, 11) is -3.85. The normalized spacial score (nSPS) is 11.5. The quantitative estimate of drug-likeness (QED) is 0.476. The van der Waals surface area contributed by atoms with Crippen LogP contribution in [-0.4, -0.2) is 29.8 Å². The Kier molecular flexibility index (Phi) is 5.65. The fourth-order valence-electron chi connectivity index (χ4n) is 0.831. The lowest BCUT2D eigenvalue weighted by Gasteiger charge is -1.97. The van der Waals surface area contributed by atoms with Crippen molar-refractivity contribution in [1.29, 1.82) is 0 Å². The largest absolute Gasteiger partial charge is 0.481 e. The maximum Gasteiger partial charge on any atom is 0.307 e. The van der Waals surface area contributed by atoms with Crippen molar-refractivity contribution in [3.8, 4) is 0 Å². The number of aliphatic carboxylic acids is 1. The summed E-state index contributed by atoms with van der Waals surface area (Å²) in [6.45, 7) is 0. The van der Waals surface area contributed by atoms with Gasteiger partial charge in [-0.25, -0.2) is 0 Å². The second kappa shape index (κ2) is 5.93. The standard InChI is InChI=1S/C7H13O5S/c8-7(9)5-3-1-2-4-6-13(10,11)12/h5H,1-4,6H2,(H,8,9)(H,10,11,12). The van der Waals surface area contributed by atoms with E-state index < -0.39 is 16.1 Å². The van der Waals surface area contributed by atoms with Gasteiger partial charge in [0.2, 0.25) is 0 Å². The highest BCUT2D eigenvalue weighted by Gasteiger charge is 2.03. The van der Waals surface area contributed by atoms with Gasteiger partial charge in [-0.15, -0.1) is 0 Å². The second-order valence-corrected chi connectivity index (χ2v) is 4.25. The first-order valence-corrected chi connectivity index (χ1v) is 5.54. The number of unbranched alkanes of at least 4 members (excludes halogenated alkanes) is 3. The Morgan fingerprint density at radius 3 is 2.31 bits per heavy atom. The third-order valence-corrected chi connectivity index (χ3v) is 2.23. The molecule has 0 saturated heterocycles. The highest BCUT2D eigenvalue weighted by Crippen LogP contribution is 2.03. The minimum Gasteiger partial charge on any atom is -0.481 e. The Bertz CT molecular complexity index is 244. The summed E-state index contributed by atoms with van der Waals surface area (Å²) < 4.78 is 28.8. The molecule has 5 nitrogen and oxygen atoms in total. The third-order valence-electron chi connectivity index (χ3n) is 1.43. The van der Waals surface area contributed by atoms with Crippen LogP contribution in [0.15, 0.2) is 0 Å². The Hall–Kier alpha value is -0.620. The first-order chi connectivity index (χ1) is 5.92. The average molecular weight is 209 g/mol. The lowest BCUT2D eigenvalue weighted by Crippen LogP contribution is -2.03. The van der Waals surface area contributed by atoms with Crippen molar-refractivity contribution in [2.45, 2.75) is 25.7 Å². The molecule has 0 rings (SSSR count). The Labute approximate surface area is 77.5 Å². The summed E-state index contributed by atoms with van der Waals surface area (Å²) in [4.78, 5) is 10.00. The van der Waals surface area contributed by atoms with Crippen LogP contribution in [0.3, 0.4) is 0 Å². The molecule has 77 valence electrons. The molecule has 0 aliphatic carbocycles. The van der Waals surface area contributed by atoms with E-state index in [1.807, 2.05) is 0 Å². The summed E-state index contributed by atoms with van der Waals surface area (Å²) in [5.74, 6) is -1.21. The molecule has 2 N–H and O–H groups in total. The van der Waals surface area contributed by atoms with E-state index in [2.05, 4.69) is 0 Å². The van der Waals surface area contributed by atoms with E-state index in [1.165, 1.54) is 0 Å². The van der Waals surface area contributed by atoms with Crippen molar-refractivity contribution >= 4 is 16.1 Å². The first-order valence-electron chi connectivity index (χ1n) is 3.93. The van der Waals surface area contributed by atoms with Gasteiger partial charge in [0.1, 0.15) is 0 Å². The van der Waals surface area contributed by atoms with Gasteiger partial charge >= 0.3 is 5.97 Å². The van der Waals surface area contributed by atoms with Crippen LogP contribution in [0.2, 0.25) is 0 Å². The lowest BCUT2D eigenvalue weighted by atomic mass is 10.2. The molecule has 13 heavy (non-hydrogen) atoms. The van der Waals surface area contributed by atoms with E-state index in [-0.39, 0.29) is 5.75 Å². The molecule has 6 heteroatoms. The van der Waals surface area contributed by atoms with Crippen LogP contribution in [0, 0.1) is 6.42 Å². The predicted octanol–water partition coefficient (Wildman–Crippen LogP) is 0.723. The van der Waals surface area contributed by atoms with E-state index in [4.69, 9.17) is 9.66 Å². The van der Waals surface area contributed by atoms with E-state index in [0.717, 1.165) is 6.42 Å². The summed E-state index contributed by atoms with van der Waals surface area (Å²) >= 11 is 0. The molecule has 0 aromatic carbocycles. The second-order valence-electron chi connectivity index (χ2n) is 2.68. The van der Waals surface area contributed by atoms with Gasteiger partial charge in [-0.1, -0.05) is 12.8 Å². The zero-order valence-corrected chi connectivity index (χ0v) is 7.96. The number of rotatable bonds is 7. The van der Waals surface area contributed by atoms with Crippen LogP contribution >= 0.6 is 0 Å². The molecule has 0 aromatic rings. The minimum absolute atomic E-state index is 0.250. The van der Waals surface area contributed by atoms with Crippen molar-refractivity contribution in [1.82, 2.24) is 0 Å². The molecule has 0 saturated carbocycles. The van der Waals surface area contributed by atoms with Gasteiger partial charge in [0.15, 0.2) is 0 Å². The Balaban J connectivity index is 3.23. The molecular weight excluding hydrogens is 196 g/mol. The number of carboxylic acids is 1. The van der Waals surface area contributed by atoms with Crippen LogP contribution < -0.4 is 0 Å². The molecule has 0 aliphatic rings. The molecule has 0 amide bonds. The Morgan fingerprint density at radius 1 is 1.23 bits per heavy atom. The predicted molar refractivity (Wildman–Crippen MR) is 46.8 cm³/mol. The summed E-state index contributed by atoms with van der Waals surface area (Å²) in [6.07, 6.45) is 3.16. The van der Waals surface area contributed by atoms with Gasteiger partial charge in [0.25, 0.3) is 10.1 Å². The highest BCUT2D eigenvalue weighted by molar-refractivity contribution is 7.85. The van der Waals surface area contributed by atoms with E-state index in [0.29, 0.717) is 25.7 Å². The van der Waals surface area contributed by atoms with Crippen LogP contribution in [0.1, 0.15) is 25.7 Å². The molecule has 0 atom stereocenters. The summed E-state index contributed by atoms with van der Waals surface area (Å²) in [5.41, 5.74) is 0. The van der Waals surface area contributed by atoms with Gasteiger partial charge in [0.05, 0.1) is 12.2 Å². The van der Waals surface area contributed by atoms with E-state index in [9.17, 15) is 13.2 Å². The molecule has 0 bridgehead atoms. The Morgan fingerprint density at radius 2 is 1.85 bits per heavy atom. The minimum atomic E-state index is -3.85. The van der Waals surface area contributed by atoms with Crippen molar-refractivity contribution in [3.05, 3.63) is 6.42 Å². The van der Waals surface area contributed by atoms with E-state index >= 15 is 0 Å². The molecule has 0 aliphatic heterocycles. The molecule has 0 heterocycles. The SMILES string of the molecule is O=C(O)[CH]CCCCCS(=O)(=O)O. The summed E-state index contributed by atoms with van der Waals surface area (Å²) in [5, 5.41) is 8.21. The fourth-order valence-corrected chi connectivity index (χ4v) is 1.40. The van der Waals surface area contributed by atoms with Gasteiger partial charge in [-0.2, -0.15) is 8.42 Å². The van der Waals surface area contributed by atoms with Gasteiger partial charge in [-0.3, -0.25) is 9.35 Å². The number of carbonyl (C=O) groups is 1. The maximum atomic E-state index is 10.2. The maximum absolute atomic E-state index is 10.2. The smallest absolute Gasteiger partial charge is 0.307 e. The number of hydrogen-bond acceptors (Lipinski definition) is 3. The molecule has 0 aromatic heterocycles. The van der Waals surface area contributed by atoms with Crippen molar-refractivity contribution in [3.63, 3.8) is 0 Å². The van der Waals surface area contributed by atoms with E-state index in [1.54, 1.807) is 0 Å². The summed E-state index contributed by atoms with van der Waals surface area (Å²) in [6, 6.07) is 0. The van der Waals surface area contributed by atoms with Crippen molar-refractivity contribution in [2.75, 3.05) is 5.75 Å². The molecule has 0 unspecified atom stereocenters. The third kappa shape index (κ3) is 11.4. The van der Waals surface area contributed by atoms with Gasteiger partial charge in [-0.05, 0) is 12.8 Å². The fraction of sp³-hybridized carbons (Fsp3) is 0.714. The molecule has 1 radical (unpaired) electrons. The monoisotopic (exact) mass is 209 g/mol. The molecule has 0 fully saturated rings. The van der Waals surface area contributed by atoms with Crippen LogP contribution in [0.5, 0.6) is 0 Å². The molecular formula is C7H13O5S. The average Bonchev–Trinajstić information content (AvgIpc) is 1.93. The van der Waals surface area contributed by atoms with Crippen LogP contribution in [0.4, 0.5) is 0 Å². The van der Waals surface area contributed by atoms with Crippen LogP contribution in [0.25, 0.3) is 0 Å². The van der Waals surface area contributed by atoms with Gasteiger partial charge in [0, 0.05) is 0 Å². The highest BCUT2D eigenvalue weighted by atomic mass is 32.2. The number of carboxylic acid groups (broad SMARTS) is 1.